The van der Waals surface area contributed by atoms with Crippen LogP contribution in [-0.2, 0) is 13.1 Å². The van der Waals surface area contributed by atoms with Gasteiger partial charge in [-0.3, -0.25) is 14.0 Å². The molecule has 0 saturated heterocycles. The lowest BCUT2D eigenvalue weighted by Crippen LogP contribution is -2.27. The number of aromatic amines is 1. The maximum absolute atomic E-state index is 12.5. The fourth-order valence-electron chi connectivity index (χ4n) is 3.99. The number of amides is 1. The highest BCUT2D eigenvalue weighted by Gasteiger charge is 2.16. The summed E-state index contributed by atoms with van der Waals surface area (Å²) in [6.45, 7) is 2.28. The molecule has 3 N–H and O–H groups in total. The minimum Gasteiger partial charge on any atom is -0.357 e. The van der Waals surface area contributed by atoms with Crippen LogP contribution in [0.3, 0.4) is 0 Å². The Labute approximate surface area is 179 Å². The van der Waals surface area contributed by atoms with Crippen LogP contribution >= 0.6 is 0 Å². The molecule has 0 bridgehead atoms. The van der Waals surface area contributed by atoms with Crippen molar-refractivity contribution in [2.24, 2.45) is 5.92 Å². The second kappa shape index (κ2) is 8.35. The average Bonchev–Trinajstić information content (AvgIpc) is 3.16. The van der Waals surface area contributed by atoms with Crippen LogP contribution in [0.25, 0.3) is 16.6 Å². The number of nitrogens with one attached hydrogen (secondary N) is 3. The number of hydrogen-bond donors (Lipinski definition) is 3. The molecule has 1 saturated carbocycles. The molecule has 0 atom stereocenters. The fraction of sp³-hybridized carbons (Fsp3) is 0.292. The van der Waals surface area contributed by atoms with Crippen molar-refractivity contribution in [3.8, 4) is 0 Å². The predicted molar refractivity (Wildman–Crippen MR) is 120 cm³/mol. The Hall–Kier alpha value is -3.45. The predicted octanol–water partition coefficient (Wildman–Crippen LogP) is 3.00. The Morgan fingerprint density at radius 3 is 2.87 bits per heavy atom. The van der Waals surface area contributed by atoms with E-state index in [-0.39, 0.29) is 17.2 Å². The van der Waals surface area contributed by atoms with Crippen molar-refractivity contribution in [1.82, 2.24) is 25.0 Å². The number of carbonyl (C=O) groups is 1. The molecule has 1 aromatic carbocycles. The van der Waals surface area contributed by atoms with E-state index in [0.29, 0.717) is 12.2 Å². The summed E-state index contributed by atoms with van der Waals surface area (Å²) >= 11 is 0. The Balaban J connectivity index is 1.24. The van der Waals surface area contributed by atoms with Gasteiger partial charge in [0, 0.05) is 30.0 Å². The van der Waals surface area contributed by atoms with Crippen molar-refractivity contribution in [3.63, 3.8) is 0 Å². The summed E-state index contributed by atoms with van der Waals surface area (Å²) in [7, 11) is 0. The van der Waals surface area contributed by atoms with Crippen LogP contribution in [0.15, 0.2) is 59.5 Å². The number of benzene rings is 1. The summed E-state index contributed by atoms with van der Waals surface area (Å²) in [5, 5.41) is 7.50. The number of H-pyrrole nitrogens is 1. The van der Waals surface area contributed by atoms with E-state index in [9.17, 15) is 9.59 Å². The van der Waals surface area contributed by atoms with Crippen LogP contribution in [0.4, 0.5) is 0 Å². The third-order valence-corrected chi connectivity index (χ3v) is 5.97. The topological polar surface area (TPSA) is 91.3 Å². The number of nitrogens with zero attached hydrogens (tertiary/aromatic N) is 2. The lowest BCUT2D eigenvalue weighted by molar-refractivity contribution is 0.0945. The zero-order valence-electron chi connectivity index (χ0n) is 17.2. The van der Waals surface area contributed by atoms with Crippen LogP contribution < -0.4 is 16.2 Å². The Bertz CT molecular complexity index is 1300. The maximum atomic E-state index is 12.5. The molecule has 31 heavy (non-hydrogen) atoms. The number of rotatable bonds is 7. The highest BCUT2D eigenvalue weighted by atomic mass is 16.2. The first-order valence-electron chi connectivity index (χ1n) is 10.7. The van der Waals surface area contributed by atoms with Crippen molar-refractivity contribution >= 4 is 22.5 Å². The van der Waals surface area contributed by atoms with Crippen LogP contribution in [0.1, 0.15) is 41.0 Å². The molecule has 0 spiro atoms. The number of carbonyl (C=O) groups excluding carboxylic acids is 1. The van der Waals surface area contributed by atoms with Gasteiger partial charge in [-0.2, -0.15) is 0 Å². The number of fused-ring (bicyclic) bond motifs is 2. The molecule has 4 aromatic rings. The summed E-state index contributed by atoms with van der Waals surface area (Å²) < 4.78 is 1.41. The van der Waals surface area contributed by atoms with Gasteiger partial charge in [0.1, 0.15) is 11.3 Å². The highest BCUT2D eigenvalue weighted by Crippen LogP contribution is 2.25. The molecule has 5 rings (SSSR count). The van der Waals surface area contributed by atoms with Gasteiger partial charge in [-0.1, -0.05) is 24.6 Å². The lowest BCUT2D eigenvalue weighted by Gasteiger charge is -2.25. The van der Waals surface area contributed by atoms with E-state index < -0.39 is 0 Å². The molecule has 158 valence electrons. The molecule has 1 amide bonds. The first-order valence-corrected chi connectivity index (χ1v) is 10.7. The second-order valence-electron chi connectivity index (χ2n) is 8.24. The number of hydrogen-bond acceptors (Lipinski definition) is 4. The van der Waals surface area contributed by atoms with Gasteiger partial charge in [0.15, 0.2) is 0 Å². The van der Waals surface area contributed by atoms with E-state index in [1.807, 2.05) is 6.07 Å². The molecule has 1 aliphatic carbocycles. The standard InChI is InChI=1S/C24H25N5O2/c30-23-12-21(28-22-6-1-2-9-29(22)23)24(31)26-15-19-11-18-8-7-17(10-20(18)27-19)14-25-13-16-4-3-5-16/h1-2,6-12,16,25,27H,3-5,13-15H2,(H,26,31). The van der Waals surface area contributed by atoms with Crippen LogP contribution in [0.2, 0.25) is 0 Å². The first kappa shape index (κ1) is 19.5. The molecule has 1 aliphatic rings. The van der Waals surface area contributed by atoms with Gasteiger partial charge in [0.05, 0.1) is 6.54 Å². The monoisotopic (exact) mass is 415 g/mol. The van der Waals surface area contributed by atoms with E-state index in [1.54, 1.807) is 24.4 Å². The van der Waals surface area contributed by atoms with Crippen molar-refractivity contribution in [1.29, 1.82) is 0 Å². The number of pyridine rings is 1. The van der Waals surface area contributed by atoms with E-state index in [4.69, 9.17) is 0 Å². The van der Waals surface area contributed by atoms with Crippen LogP contribution in [0, 0.1) is 5.92 Å². The Morgan fingerprint density at radius 2 is 2.03 bits per heavy atom. The van der Waals surface area contributed by atoms with Gasteiger partial charge in [-0.15, -0.1) is 0 Å². The SMILES string of the molecule is O=C(NCc1cc2ccc(CNCC3CCC3)cc2[nH]1)c1cc(=O)n2ccccc2n1. The third kappa shape index (κ3) is 4.22. The zero-order chi connectivity index (χ0) is 21.2. The van der Waals surface area contributed by atoms with Crippen LogP contribution in [0.5, 0.6) is 0 Å². The molecular weight excluding hydrogens is 390 g/mol. The van der Waals surface area contributed by atoms with E-state index >= 15 is 0 Å². The van der Waals surface area contributed by atoms with Crippen molar-refractivity contribution in [2.45, 2.75) is 32.4 Å². The minimum absolute atomic E-state index is 0.118. The molecule has 0 unspecified atom stereocenters. The Morgan fingerprint density at radius 1 is 1.13 bits per heavy atom. The third-order valence-electron chi connectivity index (χ3n) is 5.97. The quantitative estimate of drug-likeness (QED) is 0.433. The lowest BCUT2D eigenvalue weighted by atomic mass is 9.85. The van der Waals surface area contributed by atoms with Gasteiger partial charge in [0.25, 0.3) is 11.5 Å². The highest BCUT2D eigenvalue weighted by molar-refractivity contribution is 5.92. The molecule has 7 nitrogen and oxygen atoms in total. The number of aromatic nitrogens is 3. The van der Waals surface area contributed by atoms with Gasteiger partial charge in [0.2, 0.25) is 0 Å². The molecule has 7 heteroatoms. The maximum Gasteiger partial charge on any atom is 0.270 e. The molecule has 1 fully saturated rings. The van der Waals surface area contributed by atoms with Crippen LogP contribution in [-0.4, -0.2) is 26.8 Å². The smallest absolute Gasteiger partial charge is 0.270 e. The van der Waals surface area contributed by atoms with Crippen molar-refractivity contribution in [3.05, 3.63) is 82.0 Å². The Kier molecular flexibility index (Phi) is 5.26. The first-order chi connectivity index (χ1) is 15.2. The molecule has 0 radical (unpaired) electrons. The normalized spacial score (nSPS) is 14.1. The van der Waals surface area contributed by atoms with E-state index in [1.165, 1.54) is 35.3 Å². The minimum atomic E-state index is -0.372. The van der Waals surface area contributed by atoms with Gasteiger partial charge < -0.3 is 15.6 Å². The second-order valence-corrected chi connectivity index (χ2v) is 8.24. The van der Waals surface area contributed by atoms with E-state index in [2.05, 4.69) is 38.8 Å². The average molecular weight is 415 g/mol. The molecular formula is C24H25N5O2. The zero-order valence-corrected chi connectivity index (χ0v) is 17.2. The van der Waals surface area contributed by atoms with E-state index in [0.717, 1.165) is 35.6 Å². The molecule has 0 aliphatic heterocycles. The summed E-state index contributed by atoms with van der Waals surface area (Å²) in [6.07, 6.45) is 5.70. The molecule has 3 heterocycles. The van der Waals surface area contributed by atoms with Gasteiger partial charge in [-0.25, -0.2) is 4.98 Å². The summed E-state index contributed by atoms with van der Waals surface area (Å²) in [5.41, 5.74) is 3.48. The largest absolute Gasteiger partial charge is 0.357 e. The van der Waals surface area contributed by atoms with Gasteiger partial charge >= 0.3 is 0 Å². The fourth-order valence-corrected chi connectivity index (χ4v) is 3.99. The summed E-state index contributed by atoms with van der Waals surface area (Å²) in [6, 6.07) is 14.9. The summed E-state index contributed by atoms with van der Waals surface area (Å²) in [4.78, 5) is 32.4. The van der Waals surface area contributed by atoms with Crippen molar-refractivity contribution in [2.75, 3.05) is 6.54 Å². The van der Waals surface area contributed by atoms with Crippen molar-refractivity contribution < 1.29 is 4.79 Å². The molecule has 3 aromatic heterocycles. The van der Waals surface area contributed by atoms with Gasteiger partial charge in [-0.05, 0) is 60.5 Å². The summed E-state index contributed by atoms with van der Waals surface area (Å²) in [5.74, 6) is 0.473.